The first-order valence-electron chi connectivity index (χ1n) is 4.89. The predicted molar refractivity (Wildman–Crippen MR) is 63.9 cm³/mol. The zero-order chi connectivity index (χ0) is 12.3. The van der Waals surface area contributed by atoms with Crippen molar-refractivity contribution >= 4 is 23.5 Å². The van der Waals surface area contributed by atoms with Crippen molar-refractivity contribution in [2.24, 2.45) is 0 Å². The largest absolute Gasteiger partial charge is 0.443 e. The van der Waals surface area contributed by atoms with Crippen LogP contribution >= 0.6 is 11.6 Å². The highest BCUT2D eigenvalue weighted by Gasteiger charge is 2.21. The van der Waals surface area contributed by atoms with Crippen LogP contribution in [0.3, 0.4) is 0 Å². The van der Waals surface area contributed by atoms with Crippen LogP contribution in [0.5, 0.6) is 0 Å². The van der Waals surface area contributed by atoms with Crippen LogP contribution < -0.4 is 4.90 Å². The van der Waals surface area contributed by atoms with Crippen LogP contribution in [0, 0.1) is 0 Å². The monoisotopic (exact) mass is 242 g/mol. The molecule has 0 spiro atoms. The molecule has 0 aliphatic heterocycles. The van der Waals surface area contributed by atoms with Crippen LogP contribution in [0.25, 0.3) is 0 Å². The van der Waals surface area contributed by atoms with Crippen LogP contribution in [0.1, 0.15) is 20.8 Å². The first kappa shape index (κ1) is 12.8. The molecule has 4 nitrogen and oxygen atoms in total. The Labute approximate surface area is 100 Å². The number of rotatable bonds is 1. The molecule has 1 heterocycles. The van der Waals surface area contributed by atoms with Crippen LogP contribution in [0.2, 0.25) is 5.15 Å². The summed E-state index contributed by atoms with van der Waals surface area (Å²) in [4.78, 5) is 17.0. The van der Waals surface area contributed by atoms with Crippen molar-refractivity contribution in [2.75, 3.05) is 11.9 Å². The van der Waals surface area contributed by atoms with Crippen molar-refractivity contribution < 1.29 is 9.53 Å². The first-order chi connectivity index (χ1) is 7.29. The molecule has 0 saturated carbocycles. The van der Waals surface area contributed by atoms with Gasteiger partial charge in [-0.2, -0.15) is 0 Å². The highest BCUT2D eigenvalue weighted by Crippen LogP contribution is 2.16. The van der Waals surface area contributed by atoms with Gasteiger partial charge in [-0.15, -0.1) is 0 Å². The van der Waals surface area contributed by atoms with Gasteiger partial charge in [0.15, 0.2) is 0 Å². The number of halogens is 1. The van der Waals surface area contributed by atoms with Crippen LogP contribution in [0.15, 0.2) is 18.2 Å². The molecular weight excluding hydrogens is 228 g/mol. The van der Waals surface area contributed by atoms with E-state index in [0.29, 0.717) is 11.0 Å². The Morgan fingerprint density at radius 2 is 2.06 bits per heavy atom. The quantitative estimate of drug-likeness (QED) is 0.711. The Morgan fingerprint density at radius 3 is 2.56 bits per heavy atom. The van der Waals surface area contributed by atoms with Crippen molar-refractivity contribution in [2.45, 2.75) is 26.4 Å². The second-order valence-electron chi connectivity index (χ2n) is 4.36. The molecule has 0 N–H and O–H groups in total. The maximum Gasteiger partial charge on any atom is 0.415 e. The van der Waals surface area contributed by atoms with E-state index < -0.39 is 11.7 Å². The third kappa shape index (κ3) is 3.70. The zero-order valence-corrected chi connectivity index (χ0v) is 10.6. The lowest BCUT2D eigenvalue weighted by molar-refractivity contribution is 0.0588. The number of hydrogen-bond acceptors (Lipinski definition) is 3. The standard InChI is InChI=1S/C11H15ClN2O2/c1-11(2,3)16-10(15)14(4)9-7-5-6-8(12)13-9/h5-7H,1-4H3. The van der Waals surface area contributed by atoms with E-state index in [9.17, 15) is 4.79 Å². The normalized spacial score (nSPS) is 11.1. The van der Waals surface area contributed by atoms with Gasteiger partial charge in [0.2, 0.25) is 0 Å². The summed E-state index contributed by atoms with van der Waals surface area (Å²) in [6.07, 6.45) is -0.456. The molecule has 0 radical (unpaired) electrons. The second kappa shape index (κ2) is 4.70. The van der Waals surface area contributed by atoms with Gasteiger partial charge in [-0.1, -0.05) is 17.7 Å². The van der Waals surface area contributed by atoms with E-state index >= 15 is 0 Å². The molecule has 0 aliphatic carbocycles. The van der Waals surface area contributed by atoms with Crippen LogP contribution in [-0.2, 0) is 4.74 Å². The molecule has 1 aromatic rings. The Kier molecular flexibility index (Phi) is 3.75. The third-order valence-electron chi connectivity index (χ3n) is 1.71. The van der Waals surface area contributed by atoms with E-state index in [-0.39, 0.29) is 0 Å². The number of anilines is 1. The maximum absolute atomic E-state index is 11.7. The predicted octanol–water partition coefficient (Wildman–Crippen LogP) is 3.11. The van der Waals surface area contributed by atoms with E-state index in [1.807, 2.05) is 20.8 Å². The van der Waals surface area contributed by atoms with E-state index in [1.165, 1.54) is 4.90 Å². The summed E-state index contributed by atoms with van der Waals surface area (Å²) in [5, 5.41) is 0.341. The molecule has 0 atom stereocenters. The molecule has 1 aromatic heterocycles. The van der Waals surface area contributed by atoms with E-state index in [2.05, 4.69) is 4.98 Å². The highest BCUT2D eigenvalue weighted by molar-refractivity contribution is 6.29. The molecule has 1 rings (SSSR count). The summed E-state index contributed by atoms with van der Waals surface area (Å²) in [6, 6.07) is 5.06. The minimum Gasteiger partial charge on any atom is -0.443 e. The van der Waals surface area contributed by atoms with Crippen molar-refractivity contribution in [3.8, 4) is 0 Å². The first-order valence-corrected chi connectivity index (χ1v) is 5.26. The Bertz CT molecular complexity index is 388. The summed E-state index contributed by atoms with van der Waals surface area (Å²) < 4.78 is 5.20. The lowest BCUT2D eigenvalue weighted by Crippen LogP contribution is -2.34. The fourth-order valence-corrected chi connectivity index (χ4v) is 1.17. The Morgan fingerprint density at radius 1 is 1.44 bits per heavy atom. The molecule has 0 fully saturated rings. The molecule has 0 aliphatic rings. The molecule has 1 amide bonds. The van der Waals surface area contributed by atoms with Gasteiger partial charge in [-0.05, 0) is 32.9 Å². The molecule has 0 saturated heterocycles. The lowest BCUT2D eigenvalue weighted by Gasteiger charge is -2.24. The fraction of sp³-hybridized carbons (Fsp3) is 0.455. The average Bonchev–Trinajstić information content (AvgIpc) is 2.14. The number of carbonyl (C=O) groups excluding carboxylic acids is 1. The fourth-order valence-electron chi connectivity index (χ4n) is 1.01. The molecular formula is C11H15ClN2O2. The number of ether oxygens (including phenoxy) is 1. The van der Waals surface area contributed by atoms with Crippen LogP contribution in [0.4, 0.5) is 10.6 Å². The summed E-state index contributed by atoms with van der Waals surface area (Å²) in [5.41, 5.74) is -0.524. The minimum absolute atomic E-state index is 0.341. The number of amides is 1. The van der Waals surface area contributed by atoms with E-state index in [1.54, 1.807) is 25.2 Å². The average molecular weight is 243 g/mol. The zero-order valence-electron chi connectivity index (χ0n) is 9.82. The number of pyridine rings is 1. The van der Waals surface area contributed by atoms with Crippen LogP contribution in [-0.4, -0.2) is 23.7 Å². The molecule has 5 heteroatoms. The lowest BCUT2D eigenvalue weighted by atomic mass is 10.2. The van der Waals surface area contributed by atoms with Gasteiger partial charge in [-0.25, -0.2) is 9.78 Å². The Balaban J connectivity index is 2.78. The Hall–Kier alpha value is -1.29. The SMILES string of the molecule is CN(C(=O)OC(C)(C)C)c1cccc(Cl)n1. The summed E-state index contributed by atoms with van der Waals surface area (Å²) in [5.74, 6) is 0.460. The van der Waals surface area contributed by atoms with Crippen molar-refractivity contribution in [1.29, 1.82) is 0 Å². The molecule has 16 heavy (non-hydrogen) atoms. The third-order valence-corrected chi connectivity index (χ3v) is 1.92. The number of hydrogen-bond donors (Lipinski definition) is 0. The molecule has 0 aromatic carbocycles. The molecule has 0 unspecified atom stereocenters. The van der Waals surface area contributed by atoms with Crippen molar-refractivity contribution in [3.63, 3.8) is 0 Å². The maximum atomic E-state index is 11.7. The van der Waals surface area contributed by atoms with Gasteiger partial charge >= 0.3 is 6.09 Å². The summed E-state index contributed by atoms with van der Waals surface area (Å²) in [6.45, 7) is 5.43. The summed E-state index contributed by atoms with van der Waals surface area (Å²) >= 11 is 5.74. The smallest absolute Gasteiger partial charge is 0.415 e. The van der Waals surface area contributed by atoms with Gasteiger partial charge in [0, 0.05) is 7.05 Å². The topological polar surface area (TPSA) is 42.4 Å². The second-order valence-corrected chi connectivity index (χ2v) is 4.75. The number of carbonyl (C=O) groups is 1. The highest BCUT2D eigenvalue weighted by atomic mass is 35.5. The minimum atomic E-state index is -0.524. The van der Waals surface area contributed by atoms with Gasteiger partial charge in [-0.3, -0.25) is 4.90 Å². The number of nitrogens with zero attached hydrogens (tertiary/aromatic N) is 2. The van der Waals surface area contributed by atoms with Gasteiger partial charge in [0.1, 0.15) is 16.6 Å². The van der Waals surface area contributed by atoms with Crippen molar-refractivity contribution in [3.05, 3.63) is 23.4 Å². The van der Waals surface area contributed by atoms with E-state index in [4.69, 9.17) is 16.3 Å². The van der Waals surface area contributed by atoms with Gasteiger partial charge < -0.3 is 4.74 Å². The van der Waals surface area contributed by atoms with Gasteiger partial charge in [0.25, 0.3) is 0 Å². The molecule has 88 valence electrons. The summed E-state index contributed by atoms with van der Waals surface area (Å²) in [7, 11) is 1.59. The number of aromatic nitrogens is 1. The van der Waals surface area contributed by atoms with Gasteiger partial charge in [0.05, 0.1) is 0 Å². The van der Waals surface area contributed by atoms with Crippen molar-refractivity contribution in [1.82, 2.24) is 4.98 Å². The molecule has 0 bridgehead atoms. The van der Waals surface area contributed by atoms with E-state index in [0.717, 1.165) is 0 Å².